The molecule has 1 unspecified atom stereocenters. The maximum Gasteiger partial charge on any atom is 0.407 e. The van der Waals surface area contributed by atoms with Gasteiger partial charge in [0, 0.05) is 43.4 Å². The number of rotatable bonds is 6. The number of halogens is 1. The van der Waals surface area contributed by atoms with Gasteiger partial charge in [-0.2, -0.15) is 5.10 Å². The van der Waals surface area contributed by atoms with Crippen molar-refractivity contribution in [2.24, 2.45) is 13.0 Å². The minimum absolute atomic E-state index is 0.237. The van der Waals surface area contributed by atoms with Crippen molar-refractivity contribution >= 4 is 6.09 Å². The van der Waals surface area contributed by atoms with E-state index in [9.17, 15) is 9.18 Å². The zero-order valence-corrected chi connectivity index (χ0v) is 17.1. The van der Waals surface area contributed by atoms with Gasteiger partial charge in [0.05, 0.1) is 5.69 Å². The number of benzene rings is 1. The van der Waals surface area contributed by atoms with Crippen LogP contribution in [0.1, 0.15) is 37.8 Å². The van der Waals surface area contributed by atoms with Crippen LogP contribution in [0.25, 0.3) is 11.3 Å². The molecule has 2 bridgehead atoms. The predicted octanol–water partition coefficient (Wildman–Crippen LogP) is 3.54. The smallest absolute Gasteiger partial charge is 0.407 e. The molecule has 4 heterocycles. The van der Waals surface area contributed by atoms with Crippen molar-refractivity contribution in [2.75, 3.05) is 26.2 Å². The van der Waals surface area contributed by atoms with E-state index in [1.807, 2.05) is 18.7 Å². The number of nitrogens with zero attached hydrogens (tertiary/aromatic N) is 3. The van der Waals surface area contributed by atoms with Gasteiger partial charge in [0.1, 0.15) is 12.4 Å². The molecule has 1 amide bonds. The lowest BCUT2D eigenvalue weighted by Gasteiger charge is -2.49. The zero-order valence-electron chi connectivity index (χ0n) is 17.1. The van der Waals surface area contributed by atoms with Gasteiger partial charge in [-0.05, 0) is 62.1 Å². The van der Waals surface area contributed by atoms with Gasteiger partial charge >= 0.3 is 6.09 Å². The Hall–Kier alpha value is -2.41. The lowest BCUT2D eigenvalue weighted by Crippen LogP contribution is -2.54. The third kappa shape index (κ3) is 4.29. The summed E-state index contributed by atoms with van der Waals surface area (Å²) in [6, 6.07) is 8.92. The molecule has 7 heteroatoms. The normalized spacial score (nSPS) is 25.8. The molecule has 1 N–H and O–H groups in total. The van der Waals surface area contributed by atoms with Crippen molar-refractivity contribution < 1.29 is 13.9 Å². The summed E-state index contributed by atoms with van der Waals surface area (Å²) >= 11 is 0. The van der Waals surface area contributed by atoms with Gasteiger partial charge in [-0.3, -0.25) is 9.58 Å². The minimum Gasteiger partial charge on any atom is -0.448 e. The van der Waals surface area contributed by atoms with E-state index in [4.69, 9.17) is 4.74 Å². The first-order chi connectivity index (χ1) is 14.0. The average molecular weight is 400 g/mol. The fourth-order valence-electron chi connectivity index (χ4n) is 4.69. The second-order valence-corrected chi connectivity index (χ2v) is 8.15. The standard InChI is InChI=1S/C22H29FN4O2/c1-3-9-24-22(28)29-14-18-11-16-8-10-27(18)13-19(16)21-12-20(25-26(21)2)15-4-6-17(23)7-5-15/h4-7,12,16,18-19H,3,8-11,13-14H2,1-2H3,(H,24,28)/t16-,18+,19-/m0/s1. The molecule has 4 atom stereocenters. The third-order valence-corrected chi connectivity index (χ3v) is 6.24. The van der Waals surface area contributed by atoms with Crippen molar-refractivity contribution in [3.63, 3.8) is 0 Å². The van der Waals surface area contributed by atoms with Crippen LogP contribution in [0.2, 0.25) is 0 Å². The van der Waals surface area contributed by atoms with Crippen molar-refractivity contribution in [2.45, 2.75) is 38.1 Å². The molecule has 5 rings (SSSR count). The summed E-state index contributed by atoms with van der Waals surface area (Å²) in [5, 5.41) is 7.44. The molecule has 1 aromatic heterocycles. The van der Waals surface area contributed by atoms with Crippen LogP contribution in [0.4, 0.5) is 9.18 Å². The molecule has 3 fully saturated rings. The number of hydrogen-bond donors (Lipinski definition) is 1. The SMILES string of the molecule is CCCNC(=O)OC[C@H]1C[C@@H]2CCN1C[C@@H]2c1cc(-c2ccc(F)cc2)nn1C. The predicted molar refractivity (Wildman–Crippen MR) is 109 cm³/mol. The van der Waals surface area contributed by atoms with Crippen LogP contribution in [-0.2, 0) is 11.8 Å². The molecule has 3 aliphatic rings. The highest BCUT2D eigenvalue weighted by Gasteiger charge is 2.42. The van der Waals surface area contributed by atoms with Crippen LogP contribution >= 0.6 is 0 Å². The van der Waals surface area contributed by atoms with Crippen LogP contribution in [-0.4, -0.2) is 53.1 Å². The number of aromatic nitrogens is 2. The number of fused-ring (bicyclic) bond motifs is 3. The number of nitrogens with one attached hydrogen (secondary N) is 1. The lowest BCUT2D eigenvalue weighted by molar-refractivity contribution is -0.00414. The number of ether oxygens (including phenoxy) is 1. The van der Waals surface area contributed by atoms with Crippen LogP contribution in [0, 0.1) is 11.7 Å². The lowest BCUT2D eigenvalue weighted by atomic mass is 9.74. The van der Waals surface area contributed by atoms with Crippen LogP contribution in [0.15, 0.2) is 30.3 Å². The maximum atomic E-state index is 13.2. The highest BCUT2D eigenvalue weighted by Crippen LogP contribution is 2.42. The number of alkyl carbamates (subject to hydrolysis) is 1. The topological polar surface area (TPSA) is 59.4 Å². The quantitative estimate of drug-likeness (QED) is 0.806. The fraction of sp³-hybridized carbons (Fsp3) is 0.545. The van der Waals surface area contributed by atoms with E-state index in [0.717, 1.165) is 43.6 Å². The Kier molecular flexibility index (Phi) is 5.85. The Morgan fingerprint density at radius 2 is 2.14 bits per heavy atom. The third-order valence-electron chi connectivity index (χ3n) is 6.24. The average Bonchev–Trinajstić information content (AvgIpc) is 3.13. The summed E-state index contributed by atoms with van der Waals surface area (Å²) < 4.78 is 20.6. The second-order valence-electron chi connectivity index (χ2n) is 8.15. The molecule has 0 aliphatic carbocycles. The van der Waals surface area contributed by atoms with Gasteiger partial charge in [-0.25, -0.2) is 9.18 Å². The van der Waals surface area contributed by atoms with Crippen molar-refractivity contribution in [3.05, 3.63) is 41.8 Å². The van der Waals surface area contributed by atoms with Crippen molar-refractivity contribution in [1.82, 2.24) is 20.0 Å². The van der Waals surface area contributed by atoms with E-state index in [0.29, 0.717) is 31.0 Å². The summed E-state index contributed by atoms with van der Waals surface area (Å²) in [5.74, 6) is 0.739. The van der Waals surface area contributed by atoms with E-state index in [-0.39, 0.29) is 11.9 Å². The van der Waals surface area contributed by atoms with Crippen LogP contribution < -0.4 is 5.32 Å². The second kappa shape index (κ2) is 8.53. The summed E-state index contributed by atoms with van der Waals surface area (Å²) in [6.45, 7) is 5.12. The van der Waals surface area contributed by atoms with E-state index in [2.05, 4.69) is 21.4 Å². The molecular formula is C22H29FN4O2. The number of amides is 1. The monoisotopic (exact) mass is 400 g/mol. The Balaban J connectivity index is 1.42. The number of hydrogen-bond acceptors (Lipinski definition) is 4. The van der Waals surface area contributed by atoms with Gasteiger partial charge < -0.3 is 10.1 Å². The first kappa shape index (κ1) is 19.9. The highest BCUT2D eigenvalue weighted by molar-refractivity contribution is 5.67. The van der Waals surface area contributed by atoms with Gasteiger partial charge in [0.25, 0.3) is 0 Å². The minimum atomic E-state index is -0.318. The summed E-state index contributed by atoms with van der Waals surface area (Å²) in [5.41, 5.74) is 3.03. The first-order valence-corrected chi connectivity index (χ1v) is 10.5. The van der Waals surface area contributed by atoms with E-state index >= 15 is 0 Å². The van der Waals surface area contributed by atoms with Crippen LogP contribution in [0.3, 0.4) is 0 Å². The molecular weight excluding hydrogens is 371 g/mol. The molecule has 6 nitrogen and oxygen atoms in total. The Morgan fingerprint density at radius 3 is 2.83 bits per heavy atom. The van der Waals surface area contributed by atoms with Gasteiger partial charge in [0.2, 0.25) is 0 Å². The molecule has 156 valence electrons. The van der Waals surface area contributed by atoms with Gasteiger partial charge in [-0.15, -0.1) is 0 Å². The molecule has 0 saturated carbocycles. The number of piperidine rings is 3. The summed E-state index contributed by atoms with van der Waals surface area (Å²) in [6.07, 6.45) is 2.77. The zero-order chi connectivity index (χ0) is 20.4. The van der Waals surface area contributed by atoms with E-state index in [1.165, 1.54) is 17.8 Å². The highest BCUT2D eigenvalue weighted by atomic mass is 19.1. The Morgan fingerprint density at radius 1 is 1.34 bits per heavy atom. The molecule has 29 heavy (non-hydrogen) atoms. The molecule has 0 radical (unpaired) electrons. The first-order valence-electron chi connectivity index (χ1n) is 10.5. The molecule has 1 aromatic carbocycles. The summed E-state index contributed by atoms with van der Waals surface area (Å²) in [7, 11) is 1.98. The van der Waals surface area contributed by atoms with Gasteiger partial charge in [-0.1, -0.05) is 6.92 Å². The number of aryl methyl sites for hydroxylation is 1. The van der Waals surface area contributed by atoms with Crippen LogP contribution in [0.5, 0.6) is 0 Å². The molecule has 3 saturated heterocycles. The van der Waals surface area contributed by atoms with E-state index in [1.54, 1.807) is 12.1 Å². The van der Waals surface area contributed by atoms with Gasteiger partial charge in [0.15, 0.2) is 0 Å². The Bertz CT molecular complexity index is 851. The molecule has 3 aliphatic heterocycles. The number of carbonyl (C=O) groups is 1. The van der Waals surface area contributed by atoms with E-state index < -0.39 is 0 Å². The van der Waals surface area contributed by atoms with Crippen molar-refractivity contribution in [3.8, 4) is 11.3 Å². The fourth-order valence-corrected chi connectivity index (χ4v) is 4.69. The molecule has 2 aromatic rings. The van der Waals surface area contributed by atoms with Crippen molar-refractivity contribution in [1.29, 1.82) is 0 Å². The maximum absolute atomic E-state index is 13.2. The molecule has 0 spiro atoms. The summed E-state index contributed by atoms with van der Waals surface area (Å²) in [4.78, 5) is 14.2. The number of carbonyl (C=O) groups excluding carboxylic acids is 1. The largest absolute Gasteiger partial charge is 0.448 e. The Labute approximate surface area is 171 Å².